The fraction of sp³-hybridized carbons (Fsp3) is 0. The average molecular weight is 360 g/mol. The Kier molecular flexibility index (Phi) is 6.48. The van der Waals surface area contributed by atoms with Crippen LogP contribution in [0.3, 0.4) is 0 Å². The van der Waals surface area contributed by atoms with Crippen molar-refractivity contribution in [2.75, 3.05) is 0 Å². The van der Waals surface area contributed by atoms with Crippen molar-refractivity contribution in [2.24, 2.45) is 10.8 Å². The number of esters is 1. The van der Waals surface area contributed by atoms with Gasteiger partial charge in [0.15, 0.2) is 5.11 Å². The van der Waals surface area contributed by atoms with Crippen molar-refractivity contribution >= 4 is 47.2 Å². The molecule has 24 heavy (non-hydrogen) atoms. The maximum absolute atomic E-state index is 11.8. The van der Waals surface area contributed by atoms with Crippen LogP contribution in [0.4, 0.5) is 0 Å². The third-order valence-corrected chi connectivity index (χ3v) is 3.23. The zero-order chi connectivity index (χ0) is 17.4. The molecular weight excluding hydrogens is 346 g/mol. The van der Waals surface area contributed by atoms with Crippen molar-refractivity contribution in [3.8, 4) is 5.75 Å². The second-order valence-electron chi connectivity index (χ2n) is 4.58. The fourth-order valence-corrected chi connectivity index (χ4v) is 1.96. The quantitative estimate of drug-likeness (QED) is 0.214. The molecule has 2 aromatic carbocycles. The van der Waals surface area contributed by atoms with Crippen molar-refractivity contribution in [3.05, 3.63) is 70.8 Å². The molecule has 3 N–H and O–H groups in total. The third kappa shape index (κ3) is 5.83. The summed E-state index contributed by atoms with van der Waals surface area (Å²) in [6.45, 7) is 0. The molecule has 0 saturated carbocycles. The molecule has 0 saturated heterocycles. The standard InChI is InChI=1S/C17H14ClN3O2S/c18-15-4-2-1-3-13(15)7-10-16(22)23-14-8-5-12(6-9-14)11-20-21-17(19)24/h1-11H,(H3,19,21,24)/b10-7+,20-11-. The molecule has 0 aliphatic heterocycles. The highest BCUT2D eigenvalue weighted by Gasteiger charge is 2.01. The Balaban J connectivity index is 1.93. The summed E-state index contributed by atoms with van der Waals surface area (Å²) in [7, 11) is 0. The lowest BCUT2D eigenvalue weighted by molar-refractivity contribution is -0.128. The summed E-state index contributed by atoms with van der Waals surface area (Å²) in [5.74, 6) is -0.0743. The number of hydrogen-bond acceptors (Lipinski definition) is 4. The SMILES string of the molecule is NC(=S)N/N=C\c1ccc(OC(=O)/C=C/c2ccccc2Cl)cc1. The normalized spacial score (nSPS) is 10.9. The molecule has 2 rings (SSSR count). The van der Waals surface area contributed by atoms with E-state index in [4.69, 9.17) is 22.1 Å². The lowest BCUT2D eigenvalue weighted by Gasteiger charge is -2.02. The van der Waals surface area contributed by atoms with E-state index in [1.165, 1.54) is 6.08 Å². The van der Waals surface area contributed by atoms with E-state index in [9.17, 15) is 4.79 Å². The molecule has 0 atom stereocenters. The maximum Gasteiger partial charge on any atom is 0.336 e. The van der Waals surface area contributed by atoms with E-state index in [2.05, 4.69) is 22.7 Å². The summed E-state index contributed by atoms with van der Waals surface area (Å²) >= 11 is 10.6. The topological polar surface area (TPSA) is 76.7 Å². The van der Waals surface area contributed by atoms with Gasteiger partial charge in [0.05, 0.1) is 6.21 Å². The second kappa shape index (κ2) is 8.81. The Labute approximate surface area is 149 Å². The van der Waals surface area contributed by atoms with Crippen LogP contribution in [0.25, 0.3) is 6.08 Å². The summed E-state index contributed by atoms with van der Waals surface area (Å²) in [5.41, 5.74) is 9.24. The maximum atomic E-state index is 11.8. The van der Waals surface area contributed by atoms with Crippen molar-refractivity contribution < 1.29 is 9.53 Å². The van der Waals surface area contributed by atoms with E-state index in [0.717, 1.165) is 11.1 Å². The van der Waals surface area contributed by atoms with E-state index in [1.54, 1.807) is 48.7 Å². The summed E-state index contributed by atoms with van der Waals surface area (Å²) in [5, 5.41) is 4.48. The molecular formula is C17H14ClN3O2S. The van der Waals surface area contributed by atoms with Crippen LogP contribution in [0.1, 0.15) is 11.1 Å². The molecule has 0 bridgehead atoms. The Morgan fingerprint density at radius 2 is 1.92 bits per heavy atom. The number of ether oxygens (including phenoxy) is 1. The molecule has 0 radical (unpaired) electrons. The predicted molar refractivity (Wildman–Crippen MR) is 100 cm³/mol. The van der Waals surface area contributed by atoms with Gasteiger partial charge in [0, 0.05) is 11.1 Å². The van der Waals surface area contributed by atoms with Gasteiger partial charge in [0.2, 0.25) is 0 Å². The number of hydrazone groups is 1. The number of thiocarbonyl (C=S) groups is 1. The van der Waals surface area contributed by atoms with E-state index < -0.39 is 5.97 Å². The van der Waals surface area contributed by atoms with E-state index >= 15 is 0 Å². The van der Waals surface area contributed by atoms with Crippen LogP contribution in [0.15, 0.2) is 59.7 Å². The molecule has 5 nitrogen and oxygen atoms in total. The lowest BCUT2D eigenvalue weighted by Crippen LogP contribution is -2.23. The number of hydrogen-bond donors (Lipinski definition) is 2. The van der Waals surface area contributed by atoms with Crippen molar-refractivity contribution in [1.82, 2.24) is 5.43 Å². The minimum atomic E-state index is -0.494. The van der Waals surface area contributed by atoms with Gasteiger partial charge < -0.3 is 10.5 Å². The van der Waals surface area contributed by atoms with Crippen LogP contribution >= 0.6 is 23.8 Å². The molecule has 0 unspecified atom stereocenters. The molecule has 0 spiro atoms. The van der Waals surface area contributed by atoms with E-state index in [0.29, 0.717) is 10.8 Å². The van der Waals surface area contributed by atoms with Gasteiger partial charge in [-0.05, 0) is 59.8 Å². The number of nitrogens with two attached hydrogens (primary N) is 1. The first-order chi connectivity index (χ1) is 11.5. The van der Waals surface area contributed by atoms with Gasteiger partial charge in [-0.3, -0.25) is 5.43 Å². The summed E-state index contributed by atoms with van der Waals surface area (Å²) in [6.07, 6.45) is 4.47. The lowest BCUT2D eigenvalue weighted by atomic mass is 10.2. The number of carbonyl (C=O) groups is 1. The predicted octanol–water partition coefficient (Wildman–Crippen LogP) is 3.13. The average Bonchev–Trinajstić information content (AvgIpc) is 2.55. The zero-order valence-electron chi connectivity index (χ0n) is 12.5. The third-order valence-electron chi connectivity index (χ3n) is 2.79. The van der Waals surface area contributed by atoms with Crippen LogP contribution < -0.4 is 15.9 Å². The highest BCUT2D eigenvalue weighted by Crippen LogP contribution is 2.17. The van der Waals surface area contributed by atoms with Crippen LogP contribution in [0.2, 0.25) is 5.02 Å². The molecule has 0 aromatic heterocycles. The number of halogens is 1. The van der Waals surface area contributed by atoms with Gasteiger partial charge in [-0.25, -0.2) is 4.79 Å². The number of carbonyl (C=O) groups excluding carboxylic acids is 1. The van der Waals surface area contributed by atoms with Crippen LogP contribution in [-0.2, 0) is 4.79 Å². The first-order valence-corrected chi connectivity index (χ1v) is 7.66. The van der Waals surface area contributed by atoms with Crippen LogP contribution in [0.5, 0.6) is 5.75 Å². The monoisotopic (exact) mass is 359 g/mol. The Bertz CT molecular complexity index is 789. The largest absolute Gasteiger partial charge is 0.423 e. The molecule has 0 aliphatic rings. The van der Waals surface area contributed by atoms with E-state index in [-0.39, 0.29) is 5.11 Å². The highest BCUT2D eigenvalue weighted by atomic mass is 35.5. The number of nitrogens with one attached hydrogen (secondary N) is 1. The Hall–Kier alpha value is -2.70. The minimum absolute atomic E-state index is 0.0853. The first-order valence-electron chi connectivity index (χ1n) is 6.87. The first kappa shape index (κ1) is 17.7. The second-order valence-corrected chi connectivity index (χ2v) is 5.43. The molecule has 0 aliphatic carbocycles. The molecule has 0 heterocycles. The van der Waals surface area contributed by atoms with Gasteiger partial charge in [-0.2, -0.15) is 5.10 Å². The van der Waals surface area contributed by atoms with Gasteiger partial charge in [0.25, 0.3) is 0 Å². The zero-order valence-corrected chi connectivity index (χ0v) is 14.1. The van der Waals surface area contributed by atoms with Crippen molar-refractivity contribution in [2.45, 2.75) is 0 Å². The molecule has 0 fully saturated rings. The number of nitrogens with zero attached hydrogens (tertiary/aromatic N) is 1. The molecule has 7 heteroatoms. The highest BCUT2D eigenvalue weighted by molar-refractivity contribution is 7.80. The molecule has 122 valence electrons. The number of benzene rings is 2. The fourth-order valence-electron chi connectivity index (χ4n) is 1.71. The summed E-state index contributed by atoms with van der Waals surface area (Å²) < 4.78 is 5.20. The van der Waals surface area contributed by atoms with E-state index in [1.807, 2.05) is 12.1 Å². The van der Waals surface area contributed by atoms with Gasteiger partial charge >= 0.3 is 5.97 Å². The van der Waals surface area contributed by atoms with Gasteiger partial charge in [-0.15, -0.1) is 0 Å². The minimum Gasteiger partial charge on any atom is -0.423 e. The van der Waals surface area contributed by atoms with Crippen LogP contribution in [-0.4, -0.2) is 17.3 Å². The Morgan fingerprint density at radius 1 is 1.21 bits per heavy atom. The van der Waals surface area contributed by atoms with Gasteiger partial charge in [-0.1, -0.05) is 29.8 Å². The number of rotatable bonds is 5. The summed E-state index contributed by atoms with van der Waals surface area (Å²) in [6, 6.07) is 14.0. The van der Waals surface area contributed by atoms with Gasteiger partial charge in [0.1, 0.15) is 5.75 Å². The van der Waals surface area contributed by atoms with Crippen molar-refractivity contribution in [1.29, 1.82) is 0 Å². The smallest absolute Gasteiger partial charge is 0.336 e. The molecule has 2 aromatic rings. The molecule has 0 amide bonds. The summed E-state index contributed by atoms with van der Waals surface area (Å²) in [4.78, 5) is 11.8. The van der Waals surface area contributed by atoms with Crippen LogP contribution in [0, 0.1) is 0 Å². The Morgan fingerprint density at radius 3 is 2.58 bits per heavy atom. The van der Waals surface area contributed by atoms with Crippen molar-refractivity contribution in [3.63, 3.8) is 0 Å².